The Morgan fingerprint density at radius 1 is 0.639 bits per heavy atom. The van der Waals surface area contributed by atoms with Gasteiger partial charge in [0.05, 0.1) is 12.0 Å². The van der Waals surface area contributed by atoms with Crippen molar-refractivity contribution in [3.63, 3.8) is 0 Å². The lowest BCUT2D eigenvalue weighted by atomic mass is 9.73. The lowest BCUT2D eigenvalue weighted by molar-refractivity contribution is 0.638. The Bertz CT molecular complexity index is 1330. The summed E-state index contributed by atoms with van der Waals surface area (Å²) in [6.45, 7) is 4.27. The summed E-state index contributed by atoms with van der Waals surface area (Å²) >= 11 is 0. The minimum absolute atomic E-state index is 0.589. The third kappa shape index (κ3) is 3.83. The molecule has 0 atom stereocenters. The van der Waals surface area contributed by atoms with Gasteiger partial charge in [0.2, 0.25) is 0 Å². The lowest BCUT2D eigenvalue weighted by Crippen LogP contribution is -2.49. The molecule has 5 rings (SSSR count). The highest BCUT2D eigenvalue weighted by molar-refractivity contribution is 5.91. The molecule has 0 saturated heterocycles. The van der Waals surface area contributed by atoms with E-state index in [0.29, 0.717) is 0 Å². The normalized spacial score (nSPS) is 13.9. The monoisotopic (exact) mass is 474 g/mol. The summed E-state index contributed by atoms with van der Waals surface area (Å²) in [4.78, 5) is 11.6. The van der Waals surface area contributed by atoms with Crippen molar-refractivity contribution in [3.8, 4) is 0 Å². The number of fused-ring (bicyclic) bond motifs is 1. The van der Waals surface area contributed by atoms with E-state index >= 15 is 0 Å². The Morgan fingerprint density at radius 2 is 1.17 bits per heavy atom. The van der Waals surface area contributed by atoms with Crippen LogP contribution in [0.2, 0.25) is 0 Å². The van der Waals surface area contributed by atoms with Crippen molar-refractivity contribution in [3.05, 3.63) is 119 Å². The fourth-order valence-electron chi connectivity index (χ4n) is 5.18. The van der Waals surface area contributed by atoms with E-state index in [9.17, 15) is 0 Å². The van der Waals surface area contributed by atoms with Crippen molar-refractivity contribution in [2.75, 3.05) is 42.9 Å². The van der Waals surface area contributed by atoms with Gasteiger partial charge in [0.15, 0.2) is 0 Å². The van der Waals surface area contributed by atoms with Crippen molar-refractivity contribution >= 4 is 29.1 Å². The second-order valence-corrected chi connectivity index (χ2v) is 10.0. The summed E-state index contributed by atoms with van der Waals surface area (Å²) in [6.07, 6.45) is 2.01. The third-order valence-corrected chi connectivity index (χ3v) is 7.21. The molecule has 0 fully saturated rings. The summed E-state index contributed by atoms with van der Waals surface area (Å²) in [6, 6.07) is 33.2. The van der Waals surface area contributed by atoms with Gasteiger partial charge in [-0.05, 0) is 66.9 Å². The number of hydrogen-bond acceptors (Lipinski definition) is 4. The van der Waals surface area contributed by atoms with Crippen LogP contribution in [0.15, 0.2) is 96.0 Å². The zero-order valence-electron chi connectivity index (χ0n) is 22.0. The smallest absolute Gasteiger partial charge is 0.124 e. The molecule has 182 valence electrons. The van der Waals surface area contributed by atoms with Gasteiger partial charge in [-0.25, -0.2) is 4.99 Å². The predicted octanol–water partition coefficient (Wildman–Crippen LogP) is 6.91. The molecule has 36 heavy (non-hydrogen) atoms. The number of benzene rings is 4. The maximum absolute atomic E-state index is 5.00. The number of nitrogens with zero attached hydrogens (tertiary/aromatic N) is 4. The topological polar surface area (TPSA) is 22.1 Å². The van der Waals surface area contributed by atoms with Gasteiger partial charge in [0, 0.05) is 50.8 Å². The van der Waals surface area contributed by atoms with Gasteiger partial charge in [-0.1, -0.05) is 60.2 Å². The molecule has 0 aliphatic carbocycles. The fourth-order valence-corrected chi connectivity index (χ4v) is 5.18. The molecule has 0 radical (unpaired) electrons. The molecule has 4 heteroatoms. The molecule has 4 aromatic carbocycles. The van der Waals surface area contributed by atoms with E-state index in [1.54, 1.807) is 0 Å². The first-order chi connectivity index (χ1) is 17.3. The van der Waals surface area contributed by atoms with Crippen LogP contribution >= 0.6 is 0 Å². The predicted molar refractivity (Wildman–Crippen MR) is 154 cm³/mol. The van der Waals surface area contributed by atoms with Crippen LogP contribution < -0.4 is 14.7 Å². The quantitative estimate of drug-likeness (QED) is 0.314. The Hall–Kier alpha value is -4.05. The van der Waals surface area contributed by atoms with E-state index < -0.39 is 5.54 Å². The molecule has 1 aliphatic heterocycles. The highest BCUT2D eigenvalue weighted by atomic mass is 15.2. The Morgan fingerprint density at radius 3 is 1.67 bits per heavy atom. The van der Waals surface area contributed by atoms with Crippen LogP contribution in [0.4, 0.5) is 22.7 Å². The zero-order valence-corrected chi connectivity index (χ0v) is 22.0. The maximum atomic E-state index is 5.00. The molecule has 0 aromatic heterocycles. The first-order valence-corrected chi connectivity index (χ1v) is 12.4. The summed E-state index contributed by atoms with van der Waals surface area (Å²) < 4.78 is 0. The van der Waals surface area contributed by atoms with E-state index in [-0.39, 0.29) is 0 Å². The number of hydrogen-bond donors (Lipinski definition) is 0. The molecule has 1 aliphatic rings. The van der Waals surface area contributed by atoms with Crippen molar-refractivity contribution in [2.45, 2.75) is 19.4 Å². The maximum Gasteiger partial charge on any atom is 0.124 e. The SMILES string of the molecule is Cc1ccc(N2C=Nc3c(C)cccc3C2(c2ccc(N(C)C)cc2)c2ccc(N(C)C)cc2)cc1. The zero-order chi connectivity index (χ0) is 25.4. The van der Waals surface area contributed by atoms with Crippen molar-refractivity contribution in [1.29, 1.82) is 0 Å². The van der Waals surface area contributed by atoms with Crippen molar-refractivity contribution in [1.82, 2.24) is 0 Å². The molecular formula is C32H34N4. The molecule has 0 saturated carbocycles. The van der Waals surface area contributed by atoms with E-state index in [1.165, 1.54) is 39.2 Å². The molecule has 4 aromatic rings. The van der Waals surface area contributed by atoms with Crippen LogP contribution in [0, 0.1) is 13.8 Å². The Kier molecular flexibility index (Phi) is 6.05. The Labute approximate surface area is 215 Å². The molecule has 1 heterocycles. The molecule has 0 unspecified atom stereocenters. The third-order valence-electron chi connectivity index (χ3n) is 7.21. The molecule has 0 N–H and O–H groups in total. The molecule has 0 bridgehead atoms. The van der Waals surface area contributed by atoms with Crippen LogP contribution in [0.25, 0.3) is 0 Å². The first-order valence-electron chi connectivity index (χ1n) is 12.4. The summed E-state index contributed by atoms with van der Waals surface area (Å²) in [5.74, 6) is 0. The highest BCUT2D eigenvalue weighted by Gasteiger charge is 2.45. The van der Waals surface area contributed by atoms with E-state index in [2.05, 4.69) is 148 Å². The highest BCUT2D eigenvalue weighted by Crippen LogP contribution is 2.50. The van der Waals surface area contributed by atoms with Gasteiger partial charge in [-0.2, -0.15) is 0 Å². The molecule has 0 spiro atoms. The van der Waals surface area contributed by atoms with Crippen molar-refractivity contribution < 1.29 is 0 Å². The number of anilines is 3. The van der Waals surface area contributed by atoms with Gasteiger partial charge in [0.1, 0.15) is 5.54 Å². The summed E-state index contributed by atoms with van der Waals surface area (Å²) in [5.41, 5.74) is 9.88. The molecule has 4 nitrogen and oxygen atoms in total. The number of aryl methyl sites for hydroxylation is 2. The number of rotatable bonds is 5. The van der Waals surface area contributed by atoms with E-state index in [1.807, 2.05) is 6.34 Å². The van der Waals surface area contributed by atoms with Crippen LogP contribution in [0.3, 0.4) is 0 Å². The fraction of sp³-hybridized carbons (Fsp3) is 0.219. The van der Waals surface area contributed by atoms with Crippen LogP contribution in [0.5, 0.6) is 0 Å². The molecule has 0 amide bonds. The average Bonchev–Trinajstić information content (AvgIpc) is 2.89. The van der Waals surface area contributed by atoms with Crippen LogP contribution in [0.1, 0.15) is 27.8 Å². The number of para-hydroxylation sites is 1. The van der Waals surface area contributed by atoms with E-state index in [4.69, 9.17) is 4.99 Å². The average molecular weight is 475 g/mol. The van der Waals surface area contributed by atoms with Gasteiger partial charge >= 0.3 is 0 Å². The lowest BCUT2D eigenvalue weighted by Gasteiger charge is -2.47. The largest absolute Gasteiger partial charge is 0.378 e. The minimum atomic E-state index is -0.589. The Balaban J connectivity index is 1.86. The van der Waals surface area contributed by atoms with Crippen LogP contribution in [-0.2, 0) is 5.54 Å². The van der Waals surface area contributed by atoms with Gasteiger partial charge < -0.3 is 14.7 Å². The second-order valence-electron chi connectivity index (χ2n) is 10.0. The van der Waals surface area contributed by atoms with Gasteiger partial charge in [-0.3, -0.25) is 0 Å². The second kappa shape index (κ2) is 9.19. The van der Waals surface area contributed by atoms with Gasteiger partial charge in [0.25, 0.3) is 0 Å². The number of aliphatic imine (C=N–C) groups is 1. The summed E-state index contributed by atoms with van der Waals surface area (Å²) in [7, 11) is 8.31. The molecular weight excluding hydrogens is 440 g/mol. The van der Waals surface area contributed by atoms with Crippen molar-refractivity contribution in [2.24, 2.45) is 4.99 Å². The van der Waals surface area contributed by atoms with Crippen LogP contribution in [-0.4, -0.2) is 34.5 Å². The van der Waals surface area contributed by atoms with Gasteiger partial charge in [-0.15, -0.1) is 0 Å². The standard InChI is InChI=1S/C32H34N4/c1-23-10-16-29(17-11-23)36-22-33-31-24(2)8-7-9-30(31)32(36,25-12-18-27(19-13-25)34(3)4)26-14-20-28(21-15-26)35(5)6/h7-22H,1-6H3. The first kappa shape index (κ1) is 23.7. The summed E-state index contributed by atoms with van der Waals surface area (Å²) in [5, 5.41) is 0. The minimum Gasteiger partial charge on any atom is -0.378 e. The van der Waals surface area contributed by atoms with E-state index in [0.717, 1.165) is 11.4 Å².